The molecule has 142 valence electrons. The lowest BCUT2D eigenvalue weighted by Crippen LogP contribution is -2.25. The van der Waals surface area contributed by atoms with E-state index in [9.17, 15) is 14.9 Å². The number of benzene rings is 2. The Morgan fingerprint density at radius 2 is 1.96 bits per heavy atom. The fraction of sp³-hybridized carbons (Fsp3) is 0.100. The first-order chi connectivity index (χ1) is 13.5. The van der Waals surface area contributed by atoms with Gasteiger partial charge in [-0.15, -0.1) is 0 Å². The average molecular weight is 378 g/mol. The molecule has 2 aromatic carbocycles. The van der Waals surface area contributed by atoms with Gasteiger partial charge in [-0.25, -0.2) is 5.43 Å². The number of hydrogen-bond acceptors (Lipinski definition) is 6. The minimum Gasteiger partial charge on any atom is -0.455 e. The number of aryl methyl sites for hydroxylation is 1. The van der Waals surface area contributed by atoms with Crippen molar-refractivity contribution >= 4 is 23.5 Å². The van der Waals surface area contributed by atoms with Crippen molar-refractivity contribution in [1.82, 2.24) is 5.43 Å². The Balaban J connectivity index is 1.52. The molecule has 8 nitrogen and oxygen atoms in total. The Morgan fingerprint density at radius 3 is 2.68 bits per heavy atom. The summed E-state index contributed by atoms with van der Waals surface area (Å²) in [5, 5.41) is 17.6. The van der Waals surface area contributed by atoms with Crippen LogP contribution in [0.2, 0.25) is 0 Å². The molecule has 3 aromatic rings. The maximum Gasteiger partial charge on any atom is 0.269 e. The van der Waals surface area contributed by atoms with E-state index in [1.54, 1.807) is 24.3 Å². The van der Waals surface area contributed by atoms with E-state index in [0.29, 0.717) is 17.1 Å². The van der Waals surface area contributed by atoms with Crippen LogP contribution in [0.25, 0.3) is 11.3 Å². The zero-order valence-electron chi connectivity index (χ0n) is 15.1. The van der Waals surface area contributed by atoms with Gasteiger partial charge in [-0.2, -0.15) is 5.10 Å². The second-order valence-corrected chi connectivity index (χ2v) is 6.02. The molecular weight excluding hydrogens is 360 g/mol. The zero-order valence-corrected chi connectivity index (χ0v) is 15.1. The van der Waals surface area contributed by atoms with Crippen LogP contribution in [0, 0.1) is 17.0 Å². The van der Waals surface area contributed by atoms with Gasteiger partial charge >= 0.3 is 0 Å². The predicted octanol–water partition coefficient (Wildman–Crippen LogP) is 3.73. The summed E-state index contributed by atoms with van der Waals surface area (Å²) in [6.07, 6.45) is 1.39. The number of carbonyl (C=O) groups excluding carboxylic acids is 1. The van der Waals surface area contributed by atoms with Crippen molar-refractivity contribution in [2.45, 2.75) is 6.92 Å². The summed E-state index contributed by atoms with van der Waals surface area (Å²) in [6, 6.07) is 17.2. The highest BCUT2D eigenvalue weighted by molar-refractivity contribution is 5.83. The molecule has 0 aliphatic carbocycles. The molecule has 1 heterocycles. The number of amides is 1. The van der Waals surface area contributed by atoms with E-state index < -0.39 is 4.92 Å². The largest absolute Gasteiger partial charge is 0.455 e. The number of nitro benzene ring substituents is 1. The number of carbonyl (C=O) groups is 1. The van der Waals surface area contributed by atoms with Crippen LogP contribution >= 0.6 is 0 Å². The third kappa shape index (κ3) is 5.04. The van der Waals surface area contributed by atoms with Crippen molar-refractivity contribution in [3.8, 4) is 11.3 Å². The van der Waals surface area contributed by atoms with Crippen molar-refractivity contribution in [1.29, 1.82) is 0 Å². The van der Waals surface area contributed by atoms with E-state index in [0.717, 1.165) is 11.3 Å². The summed E-state index contributed by atoms with van der Waals surface area (Å²) in [7, 11) is 0. The first-order valence-electron chi connectivity index (χ1n) is 8.48. The topological polar surface area (TPSA) is 110 Å². The molecule has 8 heteroatoms. The highest BCUT2D eigenvalue weighted by Gasteiger charge is 2.08. The van der Waals surface area contributed by atoms with Gasteiger partial charge in [0.25, 0.3) is 11.6 Å². The van der Waals surface area contributed by atoms with E-state index in [1.807, 2.05) is 31.2 Å². The van der Waals surface area contributed by atoms with Crippen molar-refractivity contribution < 1.29 is 14.1 Å². The highest BCUT2D eigenvalue weighted by atomic mass is 16.6. The van der Waals surface area contributed by atoms with Crippen LogP contribution < -0.4 is 10.7 Å². The number of anilines is 1. The molecule has 28 heavy (non-hydrogen) atoms. The van der Waals surface area contributed by atoms with Crippen LogP contribution in [0.4, 0.5) is 11.4 Å². The molecule has 1 amide bonds. The van der Waals surface area contributed by atoms with Crippen LogP contribution in [0.1, 0.15) is 11.3 Å². The van der Waals surface area contributed by atoms with Gasteiger partial charge < -0.3 is 9.73 Å². The molecule has 0 aliphatic rings. The molecule has 0 unspecified atom stereocenters. The number of non-ortho nitro benzene ring substituents is 1. The van der Waals surface area contributed by atoms with E-state index in [1.165, 1.54) is 18.3 Å². The lowest BCUT2D eigenvalue weighted by Gasteiger charge is -2.05. The van der Waals surface area contributed by atoms with Crippen molar-refractivity contribution in [3.63, 3.8) is 0 Å². The summed E-state index contributed by atoms with van der Waals surface area (Å²) >= 11 is 0. The second kappa shape index (κ2) is 8.63. The van der Waals surface area contributed by atoms with Crippen LogP contribution in [-0.4, -0.2) is 23.6 Å². The van der Waals surface area contributed by atoms with Gasteiger partial charge in [-0.05, 0) is 48.9 Å². The normalized spacial score (nSPS) is 10.8. The molecule has 0 saturated heterocycles. The predicted molar refractivity (Wildman–Crippen MR) is 106 cm³/mol. The van der Waals surface area contributed by atoms with Gasteiger partial charge in [0.05, 0.1) is 17.7 Å². The SMILES string of the molecule is Cc1cccc(NCC(=O)N/N=C/c2ccc(-c3ccc([N+](=O)[O-])cc3)o2)c1. The Morgan fingerprint density at radius 1 is 1.18 bits per heavy atom. The van der Waals surface area contributed by atoms with E-state index in [4.69, 9.17) is 4.42 Å². The number of hydrogen-bond donors (Lipinski definition) is 2. The summed E-state index contributed by atoms with van der Waals surface area (Å²) in [6.45, 7) is 2.07. The molecular formula is C20H18N4O4. The molecule has 1 aromatic heterocycles. The molecule has 3 rings (SSSR count). The fourth-order valence-corrected chi connectivity index (χ4v) is 2.47. The van der Waals surface area contributed by atoms with Crippen molar-refractivity contribution in [2.75, 3.05) is 11.9 Å². The minimum absolute atomic E-state index is 0.0130. The summed E-state index contributed by atoms with van der Waals surface area (Å²) < 4.78 is 5.61. The van der Waals surface area contributed by atoms with E-state index in [2.05, 4.69) is 15.8 Å². The third-order valence-corrected chi connectivity index (χ3v) is 3.84. The number of hydrazone groups is 1. The Labute approximate surface area is 161 Å². The number of rotatable bonds is 7. The lowest BCUT2D eigenvalue weighted by molar-refractivity contribution is -0.384. The van der Waals surface area contributed by atoms with Crippen molar-refractivity contribution in [2.24, 2.45) is 5.10 Å². The average Bonchev–Trinajstić information content (AvgIpc) is 3.15. The van der Waals surface area contributed by atoms with Crippen LogP contribution in [-0.2, 0) is 4.79 Å². The molecule has 2 N–H and O–H groups in total. The van der Waals surface area contributed by atoms with E-state index >= 15 is 0 Å². The Bertz CT molecular complexity index is 1010. The van der Waals surface area contributed by atoms with Crippen LogP contribution in [0.3, 0.4) is 0 Å². The summed E-state index contributed by atoms with van der Waals surface area (Å²) in [5.41, 5.74) is 5.10. The maximum absolute atomic E-state index is 11.8. The number of nitrogens with one attached hydrogen (secondary N) is 2. The van der Waals surface area contributed by atoms with Gasteiger partial charge in [0.15, 0.2) is 0 Å². The molecule has 0 spiro atoms. The van der Waals surface area contributed by atoms with Gasteiger partial charge in [0, 0.05) is 23.4 Å². The first-order valence-corrected chi connectivity index (χ1v) is 8.48. The van der Waals surface area contributed by atoms with Gasteiger partial charge in [0.1, 0.15) is 11.5 Å². The number of nitro groups is 1. The smallest absolute Gasteiger partial charge is 0.269 e. The second-order valence-electron chi connectivity index (χ2n) is 6.02. The fourth-order valence-electron chi connectivity index (χ4n) is 2.47. The zero-order chi connectivity index (χ0) is 19.9. The minimum atomic E-state index is -0.458. The van der Waals surface area contributed by atoms with Crippen LogP contribution in [0.5, 0.6) is 0 Å². The standard InChI is InChI=1S/C20H18N4O4/c1-14-3-2-4-16(11-14)21-13-20(25)23-22-12-18-9-10-19(28-18)15-5-7-17(8-6-15)24(26)27/h2-12,21H,13H2,1H3,(H,23,25)/b22-12+. The summed E-state index contributed by atoms with van der Waals surface area (Å²) in [4.78, 5) is 22.1. The van der Waals surface area contributed by atoms with Crippen LogP contribution in [0.15, 0.2) is 70.2 Å². The lowest BCUT2D eigenvalue weighted by atomic mass is 10.1. The highest BCUT2D eigenvalue weighted by Crippen LogP contribution is 2.23. The number of nitrogens with zero attached hydrogens (tertiary/aromatic N) is 2. The quantitative estimate of drug-likeness (QED) is 0.370. The molecule has 0 saturated carbocycles. The maximum atomic E-state index is 11.8. The van der Waals surface area contributed by atoms with Gasteiger partial charge in [0.2, 0.25) is 0 Å². The number of furan rings is 1. The first kappa shape index (κ1) is 18.8. The van der Waals surface area contributed by atoms with E-state index in [-0.39, 0.29) is 18.1 Å². The Hall–Kier alpha value is -3.94. The monoisotopic (exact) mass is 378 g/mol. The third-order valence-electron chi connectivity index (χ3n) is 3.84. The molecule has 0 aliphatic heterocycles. The molecule has 0 atom stereocenters. The molecule has 0 bridgehead atoms. The van der Waals surface area contributed by atoms with Gasteiger partial charge in [-0.1, -0.05) is 12.1 Å². The molecule has 0 fully saturated rings. The summed E-state index contributed by atoms with van der Waals surface area (Å²) in [5.74, 6) is 0.698. The Kier molecular flexibility index (Phi) is 5.81. The molecule has 0 radical (unpaired) electrons. The van der Waals surface area contributed by atoms with Gasteiger partial charge in [-0.3, -0.25) is 14.9 Å². The van der Waals surface area contributed by atoms with Crippen molar-refractivity contribution in [3.05, 3.63) is 82.1 Å².